The highest BCUT2D eigenvalue weighted by Gasteiger charge is 2.18. The van der Waals surface area contributed by atoms with Crippen LogP contribution in [0.15, 0.2) is 59.5 Å². The summed E-state index contributed by atoms with van der Waals surface area (Å²) in [5.41, 5.74) is 1.14. The van der Waals surface area contributed by atoms with E-state index in [2.05, 4.69) is 24.4 Å². The predicted molar refractivity (Wildman–Crippen MR) is 95.9 cm³/mol. The Morgan fingerprint density at radius 3 is 2.35 bits per heavy atom. The molecule has 2 rings (SSSR count). The molecule has 0 aliphatic rings. The minimum atomic E-state index is -0.152. The van der Waals surface area contributed by atoms with E-state index in [0.29, 0.717) is 0 Å². The molecule has 1 amide bonds. The lowest BCUT2D eigenvalue weighted by Crippen LogP contribution is -2.34. The molecule has 0 radical (unpaired) electrons. The van der Waals surface area contributed by atoms with Crippen molar-refractivity contribution in [1.29, 1.82) is 0 Å². The molecule has 2 atom stereocenters. The Morgan fingerprint density at radius 2 is 1.78 bits per heavy atom. The van der Waals surface area contributed by atoms with Gasteiger partial charge in [0.25, 0.3) is 0 Å². The van der Waals surface area contributed by atoms with Crippen molar-refractivity contribution < 1.29 is 9.53 Å². The van der Waals surface area contributed by atoms with Crippen LogP contribution < -0.4 is 10.1 Å². The monoisotopic (exact) mass is 329 g/mol. The van der Waals surface area contributed by atoms with Crippen molar-refractivity contribution in [3.63, 3.8) is 0 Å². The molecule has 0 aliphatic heterocycles. The quantitative estimate of drug-likeness (QED) is 0.763. The number of methoxy groups -OCH3 is 1. The van der Waals surface area contributed by atoms with Crippen molar-refractivity contribution in [2.45, 2.75) is 36.5 Å². The molecule has 23 heavy (non-hydrogen) atoms. The van der Waals surface area contributed by atoms with Gasteiger partial charge in [-0.05, 0) is 43.2 Å². The SMILES string of the molecule is CC[C@@H](NC(=O)[C@H](C)Sc1ccc(OC)cc1)c1ccccc1. The first kappa shape index (κ1) is 17.4. The van der Waals surface area contributed by atoms with Gasteiger partial charge in [-0.1, -0.05) is 37.3 Å². The first-order chi connectivity index (χ1) is 11.1. The Labute approximate surface area is 142 Å². The lowest BCUT2D eigenvalue weighted by molar-refractivity contribution is -0.121. The molecule has 0 spiro atoms. The van der Waals surface area contributed by atoms with Crippen LogP contribution in [0.2, 0.25) is 0 Å². The molecule has 0 heterocycles. The molecule has 4 heteroatoms. The minimum absolute atomic E-state index is 0.0570. The normalized spacial score (nSPS) is 13.2. The number of hydrogen-bond donors (Lipinski definition) is 1. The van der Waals surface area contributed by atoms with Gasteiger partial charge in [-0.15, -0.1) is 11.8 Å². The average molecular weight is 329 g/mol. The van der Waals surface area contributed by atoms with Crippen molar-refractivity contribution in [3.05, 3.63) is 60.2 Å². The van der Waals surface area contributed by atoms with Crippen LogP contribution in [-0.4, -0.2) is 18.3 Å². The molecule has 0 fully saturated rings. The molecule has 0 saturated heterocycles. The van der Waals surface area contributed by atoms with E-state index in [4.69, 9.17) is 4.74 Å². The maximum Gasteiger partial charge on any atom is 0.233 e. The van der Waals surface area contributed by atoms with Crippen LogP contribution in [0.1, 0.15) is 31.9 Å². The second kappa shape index (κ2) is 8.63. The molecule has 0 aliphatic carbocycles. The van der Waals surface area contributed by atoms with Gasteiger partial charge in [0, 0.05) is 4.90 Å². The Bertz CT molecular complexity index is 613. The van der Waals surface area contributed by atoms with Crippen molar-refractivity contribution in [2.75, 3.05) is 7.11 Å². The molecule has 0 saturated carbocycles. The maximum atomic E-state index is 12.5. The van der Waals surface area contributed by atoms with Crippen LogP contribution in [0.4, 0.5) is 0 Å². The molecule has 2 aromatic rings. The highest BCUT2D eigenvalue weighted by molar-refractivity contribution is 8.00. The minimum Gasteiger partial charge on any atom is -0.497 e. The molecular formula is C19H23NO2S. The summed E-state index contributed by atoms with van der Waals surface area (Å²) in [4.78, 5) is 13.5. The number of carbonyl (C=O) groups excluding carboxylic acids is 1. The van der Waals surface area contributed by atoms with Gasteiger partial charge in [0.15, 0.2) is 0 Å². The van der Waals surface area contributed by atoms with Crippen LogP contribution >= 0.6 is 11.8 Å². The van der Waals surface area contributed by atoms with E-state index in [1.807, 2.05) is 49.4 Å². The van der Waals surface area contributed by atoms with Crippen molar-refractivity contribution in [3.8, 4) is 5.75 Å². The van der Waals surface area contributed by atoms with Crippen LogP contribution in [0.25, 0.3) is 0 Å². The first-order valence-electron chi connectivity index (χ1n) is 7.80. The summed E-state index contributed by atoms with van der Waals surface area (Å²) in [5, 5.41) is 2.99. The van der Waals surface area contributed by atoms with E-state index < -0.39 is 0 Å². The Balaban J connectivity index is 1.95. The Hall–Kier alpha value is -1.94. The topological polar surface area (TPSA) is 38.3 Å². The summed E-state index contributed by atoms with van der Waals surface area (Å²) in [6.45, 7) is 4.02. The molecule has 2 aromatic carbocycles. The third-order valence-electron chi connectivity index (χ3n) is 3.67. The molecular weight excluding hydrogens is 306 g/mol. The van der Waals surface area contributed by atoms with Gasteiger partial charge in [-0.25, -0.2) is 0 Å². The van der Waals surface area contributed by atoms with Gasteiger partial charge < -0.3 is 10.1 Å². The van der Waals surface area contributed by atoms with Gasteiger partial charge in [0.05, 0.1) is 18.4 Å². The smallest absolute Gasteiger partial charge is 0.233 e. The fourth-order valence-electron chi connectivity index (χ4n) is 2.31. The Morgan fingerprint density at radius 1 is 1.13 bits per heavy atom. The van der Waals surface area contributed by atoms with Gasteiger partial charge in [-0.3, -0.25) is 4.79 Å². The Kier molecular flexibility index (Phi) is 6.53. The molecule has 122 valence electrons. The van der Waals surface area contributed by atoms with Crippen molar-refractivity contribution >= 4 is 17.7 Å². The third kappa shape index (κ3) is 5.03. The summed E-state index contributed by atoms with van der Waals surface area (Å²) in [6, 6.07) is 17.9. The van der Waals surface area contributed by atoms with E-state index in [0.717, 1.165) is 22.6 Å². The fraction of sp³-hybridized carbons (Fsp3) is 0.316. The number of ether oxygens (including phenoxy) is 1. The number of thioether (sulfide) groups is 1. The number of benzene rings is 2. The molecule has 0 aromatic heterocycles. The summed E-state index contributed by atoms with van der Waals surface area (Å²) in [6.07, 6.45) is 0.871. The van der Waals surface area contributed by atoms with Crippen LogP contribution in [0, 0.1) is 0 Å². The van der Waals surface area contributed by atoms with E-state index in [1.54, 1.807) is 18.9 Å². The van der Waals surface area contributed by atoms with Crippen molar-refractivity contribution in [2.24, 2.45) is 0 Å². The van der Waals surface area contributed by atoms with E-state index in [1.165, 1.54) is 0 Å². The zero-order valence-electron chi connectivity index (χ0n) is 13.8. The lowest BCUT2D eigenvalue weighted by atomic mass is 10.0. The fourth-order valence-corrected chi connectivity index (χ4v) is 3.18. The van der Waals surface area contributed by atoms with E-state index in [-0.39, 0.29) is 17.2 Å². The number of carbonyl (C=O) groups is 1. The van der Waals surface area contributed by atoms with Crippen molar-refractivity contribution in [1.82, 2.24) is 5.32 Å². The summed E-state index contributed by atoms with van der Waals surface area (Å²) >= 11 is 1.55. The highest BCUT2D eigenvalue weighted by Crippen LogP contribution is 2.26. The summed E-state index contributed by atoms with van der Waals surface area (Å²) < 4.78 is 5.15. The molecule has 0 unspecified atom stereocenters. The molecule has 0 bridgehead atoms. The van der Waals surface area contributed by atoms with Crippen LogP contribution in [0.5, 0.6) is 5.75 Å². The second-order valence-electron chi connectivity index (χ2n) is 5.32. The van der Waals surface area contributed by atoms with Gasteiger partial charge in [0.1, 0.15) is 5.75 Å². The number of nitrogens with one attached hydrogen (secondary N) is 1. The van der Waals surface area contributed by atoms with Gasteiger partial charge in [-0.2, -0.15) is 0 Å². The van der Waals surface area contributed by atoms with Crippen LogP contribution in [-0.2, 0) is 4.79 Å². The predicted octanol–water partition coefficient (Wildman–Crippen LogP) is 4.44. The van der Waals surface area contributed by atoms with E-state index in [9.17, 15) is 4.79 Å². The lowest BCUT2D eigenvalue weighted by Gasteiger charge is -2.20. The zero-order valence-corrected chi connectivity index (χ0v) is 14.6. The number of rotatable bonds is 7. The summed E-state index contributed by atoms with van der Waals surface area (Å²) in [5.74, 6) is 0.878. The van der Waals surface area contributed by atoms with Gasteiger partial charge in [0.2, 0.25) is 5.91 Å². The maximum absolute atomic E-state index is 12.5. The highest BCUT2D eigenvalue weighted by atomic mass is 32.2. The van der Waals surface area contributed by atoms with Gasteiger partial charge >= 0.3 is 0 Å². The zero-order chi connectivity index (χ0) is 16.7. The standard InChI is InChI=1S/C19H23NO2S/c1-4-18(15-8-6-5-7-9-15)20-19(21)14(2)23-17-12-10-16(22-3)11-13-17/h5-14,18H,4H2,1-3H3,(H,20,21)/t14-,18+/m0/s1. The van der Waals surface area contributed by atoms with E-state index >= 15 is 0 Å². The first-order valence-corrected chi connectivity index (χ1v) is 8.68. The number of hydrogen-bond acceptors (Lipinski definition) is 3. The molecule has 3 nitrogen and oxygen atoms in total. The largest absolute Gasteiger partial charge is 0.497 e. The third-order valence-corrected chi connectivity index (χ3v) is 4.78. The number of amides is 1. The summed E-state index contributed by atoms with van der Waals surface area (Å²) in [7, 11) is 1.65. The second-order valence-corrected chi connectivity index (χ2v) is 6.73. The average Bonchev–Trinajstić information content (AvgIpc) is 2.60. The van der Waals surface area contributed by atoms with Crippen LogP contribution in [0.3, 0.4) is 0 Å². The molecule has 1 N–H and O–H groups in total.